The van der Waals surface area contributed by atoms with Crippen molar-refractivity contribution in [3.05, 3.63) is 34.2 Å². The lowest BCUT2D eigenvalue weighted by Crippen LogP contribution is -2.52. The minimum atomic E-state index is -1.02. The van der Waals surface area contributed by atoms with Crippen LogP contribution in [-0.4, -0.2) is 72.8 Å². The molecule has 0 bridgehead atoms. The number of rotatable bonds is 10. The average Bonchev–Trinajstić information content (AvgIpc) is 3.35. The molecule has 0 aromatic heterocycles. The molecular weight excluding hydrogens is 588 g/mol. The molecule has 3 amide bonds. The third kappa shape index (κ3) is 6.89. The maximum Gasteiger partial charge on any atom is 0.341 e. The molecule has 242 valence electrons. The van der Waals surface area contributed by atoms with E-state index in [1.807, 2.05) is 12.1 Å². The number of hydrogen-bond acceptors (Lipinski definition) is 8. The van der Waals surface area contributed by atoms with E-state index >= 15 is 0 Å². The van der Waals surface area contributed by atoms with E-state index in [4.69, 9.17) is 25.8 Å². The van der Waals surface area contributed by atoms with Crippen LogP contribution in [0.15, 0.2) is 23.5 Å². The van der Waals surface area contributed by atoms with Crippen LogP contribution in [0.25, 0.3) is 0 Å². The lowest BCUT2D eigenvalue weighted by molar-refractivity contribution is -0.139. The van der Waals surface area contributed by atoms with E-state index in [0.29, 0.717) is 34.6 Å². The first-order chi connectivity index (χ1) is 21.1. The van der Waals surface area contributed by atoms with Crippen molar-refractivity contribution in [3.63, 3.8) is 0 Å². The highest BCUT2D eigenvalue weighted by Crippen LogP contribution is 2.61. The van der Waals surface area contributed by atoms with Gasteiger partial charge < -0.3 is 24.8 Å². The number of ether oxygens (including phenoxy) is 3. The molecule has 0 spiro atoms. The summed E-state index contributed by atoms with van der Waals surface area (Å²) in [5, 5.41) is 8.09. The zero-order valence-corrected chi connectivity index (χ0v) is 26.6. The molecule has 1 aromatic carbocycles. The minimum absolute atomic E-state index is 0.0131. The van der Waals surface area contributed by atoms with Gasteiger partial charge in [-0.1, -0.05) is 13.0 Å². The number of fused-ring (bicyclic) bond motifs is 5. The normalized spacial score (nSPS) is 30.5. The topological polar surface area (TPSA) is 136 Å². The number of carbonyl (C=O) groups excluding carboxylic acids is 3. The number of urea groups is 1. The van der Waals surface area contributed by atoms with Crippen molar-refractivity contribution in [2.45, 2.75) is 102 Å². The Kier molecular flexibility index (Phi) is 10.5. The Bertz CT molecular complexity index is 1230. The zero-order valence-electron chi connectivity index (χ0n) is 25.9. The largest absolute Gasteiger partial charge is 0.425 e. The van der Waals surface area contributed by atoms with Gasteiger partial charge in [0.15, 0.2) is 0 Å². The summed E-state index contributed by atoms with van der Waals surface area (Å²) < 4.78 is 18.0. The standard InChI is InChI=1S/C32H45ClN4O7/c1-19(35-31(40)37(36-41)15-14-33)29(38)34-20(2)30(39)44-22-7-9-24-21(17-22)6-8-26-25(24)12-13-32(3)27(26)10-11-28(32)43-23-5-4-16-42-18-23/h7,9,17,19-20,23,25-28H,4-6,8,10-16,18H2,1-3H3,(H,34,38)(H,35,40)/t19-,20-,23?,25?,26?,27?,28-,32-/m0/s1. The smallest absolute Gasteiger partial charge is 0.341 e. The second kappa shape index (κ2) is 14.1. The van der Waals surface area contributed by atoms with Crippen molar-refractivity contribution < 1.29 is 28.6 Å². The molecule has 4 unspecified atom stereocenters. The van der Waals surface area contributed by atoms with Gasteiger partial charge >= 0.3 is 12.0 Å². The van der Waals surface area contributed by atoms with Gasteiger partial charge in [0.2, 0.25) is 5.91 Å². The Morgan fingerprint density at radius 3 is 2.68 bits per heavy atom. The summed E-state index contributed by atoms with van der Waals surface area (Å²) in [5.41, 5.74) is 2.80. The number of alkyl halides is 1. The number of benzene rings is 1. The van der Waals surface area contributed by atoms with Gasteiger partial charge in [-0.3, -0.25) is 4.79 Å². The number of esters is 1. The molecule has 8 atom stereocenters. The van der Waals surface area contributed by atoms with E-state index in [1.54, 1.807) is 0 Å². The van der Waals surface area contributed by atoms with Gasteiger partial charge in [-0.15, -0.1) is 16.5 Å². The molecule has 3 aliphatic carbocycles. The molecule has 4 aliphatic rings. The molecule has 5 rings (SSSR count). The highest BCUT2D eigenvalue weighted by atomic mass is 35.5. The SMILES string of the molecule is C[C@H](NC(=O)N(CCCl)N=O)C(=O)N[C@@H](C)C(=O)Oc1ccc2c(c1)CCC1C2CC[C@@]2(C)C1CC[C@@H]2OC1CCCOC1. The van der Waals surface area contributed by atoms with Crippen molar-refractivity contribution in [2.24, 2.45) is 22.5 Å². The van der Waals surface area contributed by atoms with E-state index in [9.17, 15) is 19.3 Å². The van der Waals surface area contributed by atoms with Crippen LogP contribution in [0.3, 0.4) is 0 Å². The van der Waals surface area contributed by atoms with Crippen LogP contribution in [0.4, 0.5) is 4.79 Å². The van der Waals surface area contributed by atoms with Crippen molar-refractivity contribution >= 4 is 29.5 Å². The summed E-state index contributed by atoms with van der Waals surface area (Å²) in [7, 11) is 0. The highest BCUT2D eigenvalue weighted by molar-refractivity contribution is 6.18. The predicted octanol–water partition coefficient (Wildman–Crippen LogP) is 4.84. The van der Waals surface area contributed by atoms with Crippen LogP contribution < -0.4 is 15.4 Å². The van der Waals surface area contributed by atoms with Crippen molar-refractivity contribution in [2.75, 3.05) is 25.6 Å². The molecule has 2 saturated carbocycles. The number of nitrogens with zero attached hydrogens (tertiary/aromatic N) is 2. The minimum Gasteiger partial charge on any atom is -0.425 e. The maximum atomic E-state index is 12.8. The third-order valence-corrected chi connectivity index (χ3v) is 10.5. The van der Waals surface area contributed by atoms with Crippen molar-refractivity contribution in [1.82, 2.24) is 15.6 Å². The monoisotopic (exact) mass is 632 g/mol. The molecular formula is C32H45ClN4O7. The van der Waals surface area contributed by atoms with E-state index in [1.165, 1.54) is 31.4 Å². The third-order valence-electron chi connectivity index (χ3n) is 10.4. The molecule has 1 aromatic rings. The number of aryl methyl sites for hydroxylation is 1. The zero-order chi connectivity index (χ0) is 31.4. The summed E-state index contributed by atoms with van der Waals surface area (Å²) in [6.07, 6.45) is 9.41. The molecule has 0 radical (unpaired) electrons. The molecule has 2 N–H and O–H groups in total. The van der Waals surface area contributed by atoms with Gasteiger partial charge in [-0.05, 0) is 112 Å². The second-order valence-electron chi connectivity index (χ2n) is 13.1. The van der Waals surface area contributed by atoms with Crippen LogP contribution in [-0.2, 0) is 25.5 Å². The average molecular weight is 633 g/mol. The molecule has 1 aliphatic heterocycles. The van der Waals surface area contributed by atoms with Gasteiger partial charge in [0.1, 0.15) is 17.8 Å². The number of halogens is 1. The van der Waals surface area contributed by atoms with Crippen molar-refractivity contribution in [3.8, 4) is 5.75 Å². The number of hydrogen-bond donors (Lipinski definition) is 2. The van der Waals surface area contributed by atoms with Crippen LogP contribution in [0.5, 0.6) is 5.75 Å². The first kappa shape index (κ1) is 32.6. The van der Waals surface area contributed by atoms with E-state index < -0.39 is 30.0 Å². The van der Waals surface area contributed by atoms with Crippen molar-refractivity contribution in [1.29, 1.82) is 0 Å². The number of amides is 3. The number of nitroso groups, excluding NO2 is 1. The Balaban J connectivity index is 1.15. The fourth-order valence-electron chi connectivity index (χ4n) is 8.04. The van der Waals surface area contributed by atoms with Gasteiger partial charge in [0.25, 0.3) is 0 Å². The Morgan fingerprint density at radius 2 is 1.95 bits per heavy atom. The summed E-state index contributed by atoms with van der Waals surface area (Å²) in [4.78, 5) is 48.3. The molecule has 44 heavy (non-hydrogen) atoms. The quantitative estimate of drug-likeness (QED) is 0.124. The van der Waals surface area contributed by atoms with E-state index in [2.05, 4.69) is 28.9 Å². The number of carbonyl (C=O) groups is 3. The Labute approximate surface area is 264 Å². The van der Waals surface area contributed by atoms with Crippen LogP contribution in [0, 0.1) is 22.2 Å². The van der Waals surface area contributed by atoms with Gasteiger partial charge in [-0.25, -0.2) is 9.59 Å². The summed E-state index contributed by atoms with van der Waals surface area (Å²) in [6.45, 7) is 6.89. The second-order valence-corrected chi connectivity index (χ2v) is 13.5. The van der Waals surface area contributed by atoms with E-state index in [-0.39, 0.29) is 23.9 Å². The highest BCUT2D eigenvalue weighted by Gasteiger charge is 2.55. The molecule has 3 fully saturated rings. The summed E-state index contributed by atoms with van der Waals surface area (Å²) in [5.74, 6) is 1.03. The maximum absolute atomic E-state index is 12.8. The van der Waals surface area contributed by atoms with Gasteiger partial charge in [0.05, 0.1) is 30.6 Å². The molecule has 11 nitrogen and oxygen atoms in total. The van der Waals surface area contributed by atoms with Crippen LogP contribution in [0.2, 0.25) is 0 Å². The van der Waals surface area contributed by atoms with Crippen LogP contribution in [0.1, 0.15) is 82.8 Å². The van der Waals surface area contributed by atoms with E-state index in [0.717, 1.165) is 58.2 Å². The fourth-order valence-corrected chi connectivity index (χ4v) is 8.20. The first-order valence-electron chi connectivity index (χ1n) is 16.0. The molecule has 1 heterocycles. The summed E-state index contributed by atoms with van der Waals surface area (Å²) >= 11 is 5.56. The first-order valence-corrected chi connectivity index (χ1v) is 16.5. The lowest BCUT2D eigenvalue weighted by Gasteiger charge is -2.51. The fraction of sp³-hybridized carbons (Fsp3) is 0.719. The lowest BCUT2D eigenvalue weighted by atomic mass is 9.55. The Hall–Kier alpha value is -2.76. The van der Waals surface area contributed by atoms with Gasteiger partial charge in [-0.2, -0.15) is 5.01 Å². The summed E-state index contributed by atoms with van der Waals surface area (Å²) in [6, 6.07) is 3.11. The number of nitrogens with one attached hydrogen (secondary N) is 2. The van der Waals surface area contributed by atoms with Crippen LogP contribution >= 0.6 is 11.6 Å². The predicted molar refractivity (Wildman–Crippen MR) is 164 cm³/mol. The molecule has 12 heteroatoms. The molecule has 1 saturated heterocycles. The Morgan fingerprint density at radius 1 is 1.14 bits per heavy atom. The van der Waals surface area contributed by atoms with Gasteiger partial charge in [0, 0.05) is 12.5 Å².